The molecule has 25 heavy (non-hydrogen) atoms. The van der Waals surface area contributed by atoms with Gasteiger partial charge in [0.15, 0.2) is 0 Å². The van der Waals surface area contributed by atoms with E-state index < -0.39 is 5.41 Å². The SMILES string of the molecule is CC(=O)Nc1cccc(NC(=O)C2(c3ccc(F)cc3)CCCC2)c1. The second kappa shape index (κ2) is 7.05. The highest BCUT2D eigenvalue weighted by molar-refractivity contribution is 6.00. The van der Waals surface area contributed by atoms with Crippen molar-refractivity contribution in [2.45, 2.75) is 38.0 Å². The molecule has 1 aliphatic rings. The van der Waals surface area contributed by atoms with Crippen LogP contribution in [-0.4, -0.2) is 11.8 Å². The predicted molar refractivity (Wildman–Crippen MR) is 95.9 cm³/mol. The van der Waals surface area contributed by atoms with Crippen LogP contribution in [0.2, 0.25) is 0 Å². The Labute approximate surface area is 146 Å². The van der Waals surface area contributed by atoms with Crippen LogP contribution in [0.4, 0.5) is 15.8 Å². The molecule has 0 heterocycles. The van der Waals surface area contributed by atoms with Gasteiger partial charge in [-0.15, -0.1) is 0 Å². The summed E-state index contributed by atoms with van der Waals surface area (Å²) in [4.78, 5) is 24.3. The van der Waals surface area contributed by atoms with E-state index in [1.54, 1.807) is 36.4 Å². The average molecular weight is 340 g/mol. The number of carbonyl (C=O) groups is 2. The Bertz CT molecular complexity index is 781. The third kappa shape index (κ3) is 3.71. The first-order valence-electron chi connectivity index (χ1n) is 8.45. The fourth-order valence-electron chi connectivity index (χ4n) is 3.52. The molecule has 2 N–H and O–H groups in total. The van der Waals surface area contributed by atoms with E-state index in [0.717, 1.165) is 31.2 Å². The van der Waals surface area contributed by atoms with Crippen LogP contribution in [0.5, 0.6) is 0 Å². The van der Waals surface area contributed by atoms with Crippen LogP contribution in [-0.2, 0) is 15.0 Å². The first-order valence-corrected chi connectivity index (χ1v) is 8.45. The van der Waals surface area contributed by atoms with Crippen molar-refractivity contribution in [3.63, 3.8) is 0 Å². The summed E-state index contributed by atoms with van der Waals surface area (Å²) in [5.41, 5.74) is 1.48. The van der Waals surface area contributed by atoms with Crippen LogP contribution < -0.4 is 10.6 Å². The lowest BCUT2D eigenvalue weighted by Gasteiger charge is -2.28. The summed E-state index contributed by atoms with van der Waals surface area (Å²) in [6, 6.07) is 13.3. The summed E-state index contributed by atoms with van der Waals surface area (Å²) in [6.07, 6.45) is 3.43. The van der Waals surface area contributed by atoms with Crippen molar-refractivity contribution < 1.29 is 14.0 Å². The van der Waals surface area contributed by atoms with E-state index in [1.807, 2.05) is 0 Å². The number of benzene rings is 2. The van der Waals surface area contributed by atoms with E-state index in [1.165, 1.54) is 19.1 Å². The minimum absolute atomic E-state index is 0.0865. The zero-order valence-corrected chi connectivity index (χ0v) is 14.1. The summed E-state index contributed by atoms with van der Waals surface area (Å²) in [6.45, 7) is 1.44. The van der Waals surface area contributed by atoms with E-state index in [0.29, 0.717) is 11.4 Å². The highest BCUT2D eigenvalue weighted by atomic mass is 19.1. The first kappa shape index (κ1) is 17.1. The van der Waals surface area contributed by atoms with Crippen molar-refractivity contribution in [2.75, 3.05) is 10.6 Å². The molecule has 0 radical (unpaired) electrons. The average Bonchev–Trinajstić information content (AvgIpc) is 3.06. The number of rotatable bonds is 4. The molecule has 1 fully saturated rings. The third-order valence-corrected chi connectivity index (χ3v) is 4.73. The summed E-state index contributed by atoms with van der Waals surface area (Å²) < 4.78 is 13.3. The monoisotopic (exact) mass is 340 g/mol. The number of anilines is 2. The first-order chi connectivity index (χ1) is 12.0. The van der Waals surface area contributed by atoms with Crippen molar-refractivity contribution in [3.05, 3.63) is 59.9 Å². The smallest absolute Gasteiger partial charge is 0.235 e. The maximum Gasteiger partial charge on any atom is 0.235 e. The Hall–Kier alpha value is -2.69. The lowest BCUT2D eigenvalue weighted by molar-refractivity contribution is -0.121. The molecule has 0 saturated heterocycles. The van der Waals surface area contributed by atoms with E-state index in [2.05, 4.69) is 10.6 Å². The molecule has 0 unspecified atom stereocenters. The van der Waals surface area contributed by atoms with Crippen LogP contribution in [0.25, 0.3) is 0 Å². The molecule has 5 heteroatoms. The molecule has 130 valence electrons. The Morgan fingerprint density at radius 1 is 0.960 bits per heavy atom. The Morgan fingerprint density at radius 3 is 2.16 bits per heavy atom. The summed E-state index contributed by atoms with van der Waals surface area (Å²) >= 11 is 0. The second-order valence-electron chi connectivity index (χ2n) is 6.51. The molecule has 2 aromatic rings. The predicted octanol–water partition coefficient (Wildman–Crippen LogP) is 4.23. The summed E-state index contributed by atoms with van der Waals surface area (Å²) in [7, 11) is 0. The molecule has 2 aromatic carbocycles. The molecular formula is C20H21FN2O2. The van der Waals surface area contributed by atoms with Crippen LogP contribution in [0, 0.1) is 5.82 Å². The van der Waals surface area contributed by atoms with E-state index >= 15 is 0 Å². The molecular weight excluding hydrogens is 319 g/mol. The Balaban J connectivity index is 1.85. The number of carbonyl (C=O) groups excluding carboxylic acids is 2. The quantitative estimate of drug-likeness (QED) is 0.875. The molecule has 0 aliphatic heterocycles. The normalized spacial score (nSPS) is 15.6. The van der Waals surface area contributed by atoms with Gasteiger partial charge in [0.25, 0.3) is 0 Å². The molecule has 0 aromatic heterocycles. The van der Waals surface area contributed by atoms with Gasteiger partial charge in [0.05, 0.1) is 5.41 Å². The van der Waals surface area contributed by atoms with Gasteiger partial charge in [-0.05, 0) is 48.7 Å². The molecule has 0 bridgehead atoms. The molecule has 4 nitrogen and oxygen atoms in total. The van der Waals surface area contributed by atoms with Crippen LogP contribution in [0.15, 0.2) is 48.5 Å². The highest BCUT2D eigenvalue weighted by Gasteiger charge is 2.42. The van der Waals surface area contributed by atoms with Gasteiger partial charge < -0.3 is 10.6 Å². The van der Waals surface area contributed by atoms with Gasteiger partial charge in [-0.2, -0.15) is 0 Å². The lowest BCUT2D eigenvalue weighted by Crippen LogP contribution is -2.38. The zero-order chi connectivity index (χ0) is 17.9. The van der Waals surface area contributed by atoms with Gasteiger partial charge in [-0.1, -0.05) is 31.0 Å². The van der Waals surface area contributed by atoms with Gasteiger partial charge in [-0.25, -0.2) is 4.39 Å². The summed E-state index contributed by atoms with van der Waals surface area (Å²) in [5.74, 6) is -0.557. The van der Waals surface area contributed by atoms with Crippen LogP contribution in [0.1, 0.15) is 38.2 Å². The maximum atomic E-state index is 13.3. The highest BCUT2D eigenvalue weighted by Crippen LogP contribution is 2.42. The fraction of sp³-hybridized carbons (Fsp3) is 0.300. The van der Waals surface area contributed by atoms with E-state index in [-0.39, 0.29) is 17.6 Å². The zero-order valence-electron chi connectivity index (χ0n) is 14.1. The van der Waals surface area contributed by atoms with E-state index in [9.17, 15) is 14.0 Å². The molecule has 3 rings (SSSR count). The largest absolute Gasteiger partial charge is 0.326 e. The van der Waals surface area contributed by atoms with Gasteiger partial charge in [-0.3, -0.25) is 9.59 Å². The summed E-state index contributed by atoms with van der Waals surface area (Å²) in [5, 5.41) is 5.67. The van der Waals surface area contributed by atoms with Crippen molar-refractivity contribution in [2.24, 2.45) is 0 Å². The molecule has 1 aliphatic carbocycles. The van der Waals surface area contributed by atoms with E-state index in [4.69, 9.17) is 0 Å². The number of amides is 2. The minimum Gasteiger partial charge on any atom is -0.326 e. The minimum atomic E-state index is -0.627. The van der Waals surface area contributed by atoms with Gasteiger partial charge >= 0.3 is 0 Å². The number of halogens is 1. The van der Waals surface area contributed by atoms with Gasteiger partial charge in [0.1, 0.15) is 5.82 Å². The van der Waals surface area contributed by atoms with Crippen molar-refractivity contribution in [1.29, 1.82) is 0 Å². The van der Waals surface area contributed by atoms with Crippen molar-refractivity contribution in [1.82, 2.24) is 0 Å². The van der Waals surface area contributed by atoms with Crippen LogP contribution >= 0.6 is 0 Å². The Morgan fingerprint density at radius 2 is 1.56 bits per heavy atom. The standard InChI is InChI=1S/C20H21FN2O2/c1-14(24)22-17-5-4-6-18(13-17)23-19(25)20(11-2-3-12-20)15-7-9-16(21)10-8-15/h4-10,13H,2-3,11-12H2,1H3,(H,22,24)(H,23,25). The topological polar surface area (TPSA) is 58.2 Å². The second-order valence-corrected chi connectivity index (χ2v) is 6.51. The number of nitrogens with one attached hydrogen (secondary N) is 2. The van der Waals surface area contributed by atoms with Crippen LogP contribution in [0.3, 0.4) is 0 Å². The van der Waals surface area contributed by atoms with Crippen molar-refractivity contribution >= 4 is 23.2 Å². The Kier molecular flexibility index (Phi) is 4.83. The number of hydrogen-bond donors (Lipinski definition) is 2. The third-order valence-electron chi connectivity index (χ3n) is 4.73. The lowest BCUT2D eigenvalue weighted by atomic mass is 9.78. The van der Waals surface area contributed by atoms with Gasteiger partial charge in [0.2, 0.25) is 11.8 Å². The molecule has 0 spiro atoms. The molecule has 0 atom stereocenters. The van der Waals surface area contributed by atoms with Gasteiger partial charge in [0, 0.05) is 18.3 Å². The fourth-order valence-corrected chi connectivity index (χ4v) is 3.52. The molecule has 2 amide bonds. The maximum absolute atomic E-state index is 13.3. The van der Waals surface area contributed by atoms with Crippen molar-refractivity contribution in [3.8, 4) is 0 Å². The number of hydrogen-bond acceptors (Lipinski definition) is 2. The molecule has 1 saturated carbocycles.